The van der Waals surface area contributed by atoms with Crippen LogP contribution in [0.3, 0.4) is 0 Å². The van der Waals surface area contributed by atoms with Crippen molar-refractivity contribution >= 4 is 5.69 Å². The molecule has 0 aromatic heterocycles. The van der Waals surface area contributed by atoms with Crippen molar-refractivity contribution in [3.8, 4) is 0 Å². The van der Waals surface area contributed by atoms with Crippen LogP contribution in [0.1, 0.15) is 28.4 Å². The first-order valence-corrected chi connectivity index (χ1v) is 5.68. The molecular formula is C15H17NO. The van der Waals surface area contributed by atoms with Gasteiger partial charge in [-0.15, -0.1) is 0 Å². The summed E-state index contributed by atoms with van der Waals surface area (Å²) in [6, 6.07) is 13.3. The van der Waals surface area contributed by atoms with E-state index in [0.29, 0.717) is 5.69 Å². The highest BCUT2D eigenvalue weighted by atomic mass is 16.3. The maximum absolute atomic E-state index is 10.3. The number of rotatable bonds is 2. The minimum Gasteiger partial charge on any atom is -0.399 e. The predicted octanol–water partition coefficient (Wildman–Crippen LogP) is 2.97. The summed E-state index contributed by atoms with van der Waals surface area (Å²) in [5, 5.41) is 10.3. The van der Waals surface area contributed by atoms with Crippen molar-refractivity contribution in [2.24, 2.45) is 0 Å². The zero-order valence-corrected chi connectivity index (χ0v) is 10.1. The molecule has 1 atom stereocenters. The second kappa shape index (κ2) is 4.60. The summed E-state index contributed by atoms with van der Waals surface area (Å²) in [7, 11) is 0. The van der Waals surface area contributed by atoms with Gasteiger partial charge in [-0.2, -0.15) is 0 Å². The van der Waals surface area contributed by atoms with Gasteiger partial charge < -0.3 is 10.8 Å². The smallest absolute Gasteiger partial charge is 0.104 e. The van der Waals surface area contributed by atoms with E-state index in [1.165, 1.54) is 11.1 Å². The van der Waals surface area contributed by atoms with Crippen LogP contribution in [0.15, 0.2) is 42.5 Å². The number of anilines is 1. The molecule has 17 heavy (non-hydrogen) atoms. The third-order valence-corrected chi connectivity index (χ3v) is 3.10. The SMILES string of the molecule is Cc1ccc([C@H](O)c2ccc(N)cc2)cc1C. The van der Waals surface area contributed by atoms with Gasteiger partial charge in [-0.25, -0.2) is 0 Å². The van der Waals surface area contributed by atoms with Crippen LogP contribution in [-0.4, -0.2) is 5.11 Å². The van der Waals surface area contributed by atoms with Crippen molar-refractivity contribution in [3.05, 3.63) is 64.7 Å². The Hall–Kier alpha value is -1.80. The number of nitrogen functional groups attached to an aromatic ring is 1. The van der Waals surface area contributed by atoms with Gasteiger partial charge in [0, 0.05) is 5.69 Å². The number of aliphatic hydroxyl groups excluding tert-OH is 1. The molecule has 0 amide bonds. The van der Waals surface area contributed by atoms with Crippen molar-refractivity contribution in [1.82, 2.24) is 0 Å². The molecule has 0 bridgehead atoms. The molecule has 3 N–H and O–H groups in total. The first kappa shape index (κ1) is 11.7. The Morgan fingerprint density at radius 1 is 0.882 bits per heavy atom. The van der Waals surface area contributed by atoms with Gasteiger partial charge in [-0.1, -0.05) is 30.3 Å². The Balaban J connectivity index is 2.33. The molecule has 0 unspecified atom stereocenters. The van der Waals surface area contributed by atoms with Crippen LogP contribution in [0.2, 0.25) is 0 Å². The summed E-state index contributed by atoms with van der Waals surface area (Å²) in [5.41, 5.74) is 10.5. The van der Waals surface area contributed by atoms with E-state index in [-0.39, 0.29) is 0 Å². The summed E-state index contributed by atoms with van der Waals surface area (Å²) in [6.07, 6.45) is -0.588. The first-order chi connectivity index (χ1) is 8.08. The van der Waals surface area contributed by atoms with Crippen LogP contribution >= 0.6 is 0 Å². The van der Waals surface area contributed by atoms with Crippen LogP contribution in [0.25, 0.3) is 0 Å². The molecule has 0 aliphatic carbocycles. The van der Waals surface area contributed by atoms with E-state index in [1.54, 1.807) is 12.1 Å². The maximum Gasteiger partial charge on any atom is 0.104 e. The van der Waals surface area contributed by atoms with Crippen molar-refractivity contribution < 1.29 is 5.11 Å². The monoisotopic (exact) mass is 227 g/mol. The molecule has 0 saturated heterocycles. The first-order valence-electron chi connectivity index (χ1n) is 5.68. The lowest BCUT2D eigenvalue weighted by Gasteiger charge is -2.13. The van der Waals surface area contributed by atoms with Gasteiger partial charge in [0.05, 0.1) is 0 Å². The average molecular weight is 227 g/mol. The minimum atomic E-state index is -0.588. The third kappa shape index (κ3) is 2.48. The van der Waals surface area contributed by atoms with E-state index < -0.39 is 6.10 Å². The van der Waals surface area contributed by atoms with Gasteiger partial charge in [-0.3, -0.25) is 0 Å². The van der Waals surface area contributed by atoms with Crippen LogP contribution in [0.5, 0.6) is 0 Å². The number of aliphatic hydroxyl groups is 1. The highest BCUT2D eigenvalue weighted by Crippen LogP contribution is 2.24. The second-order valence-corrected chi connectivity index (χ2v) is 4.41. The Kier molecular flexibility index (Phi) is 3.16. The van der Waals surface area contributed by atoms with Gasteiger partial charge in [0.25, 0.3) is 0 Å². The molecule has 2 nitrogen and oxygen atoms in total. The Morgan fingerprint density at radius 2 is 1.47 bits per heavy atom. The number of aryl methyl sites for hydroxylation is 2. The fourth-order valence-electron chi connectivity index (χ4n) is 1.81. The molecule has 0 fully saturated rings. The largest absolute Gasteiger partial charge is 0.399 e. The van der Waals surface area contributed by atoms with E-state index in [4.69, 9.17) is 5.73 Å². The van der Waals surface area contributed by atoms with Crippen molar-refractivity contribution in [2.45, 2.75) is 20.0 Å². The van der Waals surface area contributed by atoms with Crippen molar-refractivity contribution in [2.75, 3.05) is 5.73 Å². The van der Waals surface area contributed by atoms with E-state index in [2.05, 4.69) is 13.8 Å². The normalized spacial score (nSPS) is 12.4. The molecule has 0 spiro atoms. The zero-order chi connectivity index (χ0) is 12.4. The lowest BCUT2D eigenvalue weighted by atomic mass is 9.98. The lowest BCUT2D eigenvalue weighted by Crippen LogP contribution is -2.00. The average Bonchev–Trinajstić information content (AvgIpc) is 2.33. The summed E-state index contributed by atoms with van der Waals surface area (Å²) in [5.74, 6) is 0. The summed E-state index contributed by atoms with van der Waals surface area (Å²) >= 11 is 0. The fraction of sp³-hybridized carbons (Fsp3) is 0.200. The standard InChI is InChI=1S/C15H17NO/c1-10-3-4-13(9-11(10)2)15(17)12-5-7-14(16)8-6-12/h3-9,15,17H,16H2,1-2H3/t15-/m1/s1. The number of nitrogens with two attached hydrogens (primary N) is 1. The molecule has 0 saturated carbocycles. The molecule has 2 heteroatoms. The van der Waals surface area contributed by atoms with E-state index in [9.17, 15) is 5.11 Å². The molecule has 2 rings (SSSR count). The predicted molar refractivity (Wildman–Crippen MR) is 70.8 cm³/mol. The molecule has 0 aliphatic heterocycles. The molecule has 0 aliphatic rings. The molecule has 2 aromatic carbocycles. The summed E-state index contributed by atoms with van der Waals surface area (Å²) in [6.45, 7) is 4.11. The molecule has 0 heterocycles. The maximum atomic E-state index is 10.3. The van der Waals surface area contributed by atoms with Gasteiger partial charge in [0.2, 0.25) is 0 Å². The van der Waals surface area contributed by atoms with Crippen LogP contribution in [0.4, 0.5) is 5.69 Å². The number of benzene rings is 2. The lowest BCUT2D eigenvalue weighted by molar-refractivity contribution is 0.220. The van der Waals surface area contributed by atoms with Crippen LogP contribution in [-0.2, 0) is 0 Å². The second-order valence-electron chi connectivity index (χ2n) is 4.41. The third-order valence-electron chi connectivity index (χ3n) is 3.10. The van der Waals surface area contributed by atoms with Gasteiger partial charge in [-0.05, 0) is 48.2 Å². The quantitative estimate of drug-likeness (QED) is 0.775. The summed E-state index contributed by atoms with van der Waals surface area (Å²) in [4.78, 5) is 0. The van der Waals surface area contributed by atoms with Gasteiger partial charge >= 0.3 is 0 Å². The highest BCUT2D eigenvalue weighted by molar-refractivity contribution is 5.42. The van der Waals surface area contributed by atoms with Crippen LogP contribution < -0.4 is 5.73 Å². The molecule has 0 radical (unpaired) electrons. The van der Waals surface area contributed by atoms with E-state index in [1.807, 2.05) is 30.3 Å². The topological polar surface area (TPSA) is 46.2 Å². The fourth-order valence-corrected chi connectivity index (χ4v) is 1.81. The van der Waals surface area contributed by atoms with E-state index in [0.717, 1.165) is 11.1 Å². The van der Waals surface area contributed by atoms with E-state index >= 15 is 0 Å². The highest BCUT2D eigenvalue weighted by Gasteiger charge is 2.10. The molecular weight excluding hydrogens is 210 g/mol. The number of hydrogen-bond donors (Lipinski definition) is 2. The summed E-state index contributed by atoms with van der Waals surface area (Å²) < 4.78 is 0. The minimum absolute atomic E-state index is 0.588. The molecule has 88 valence electrons. The van der Waals surface area contributed by atoms with Gasteiger partial charge in [0.1, 0.15) is 6.10 Å². The van der Waals surface area contributed by atoms with Crippen LogP contribution in [0, 0.1) is 13.8 Å². The van der Waals surface area contributed by atoms with Crippen molar-refractivity contribution in [1.29, 1.82) is 0 Å². The Morgan fingerprint density at radius 3 is 2.06 bits per heavy atom. The zero-order valence-electron chi connectivity index (χ0n) is 10.1. The Bertz CT molecular complexity index is 517. The Labute approximate surface area is 102 Å². The van der Waals surface area contributed by atoms with Gasteiger partial charge in [0.15, 0.2) is 0 Å². The molecule has 2 aromatic rings. The van der Waals surface area contributed by atoms with Crippen molar-refractivity contribution in [3.63, 3.8) is 0 Å². The number of hydrogen-bond acceptors (Lipinski definition) is 2.